The van der Waals surface area contributed by atoms with E-state index in [2.05, 4.69) is 38.6 Å². The van der Waals surface area contributed by atoms with Crippen molar-refractivity contribution >= 4 is 17.4 Å². The van der Waals surface area contributed by atoms with Gasteiger partial charge in [0.1, 0.15) is 0 Å². The monoisotopic (exact) mass is 312 g/mol. The van der Waals surface area contributed by atoms with Crippen molar-refractivity contribution in [2.45, 2.75) is 12.8 Å². The normalized spacial score (nSPS) is 13.5. The quantitative estimate of drug-likeness (QED) is 0.855. The molecule has 1 N–H and O–H groups in total. The van der Waals surface area contributed by atoms with E-state index >= 15 is 0 Å². The molecule has 2 heterocycles. The SMILES string of the molecule is COCCNC(=O)c1ccc(N2CCCc3ccccc32)nn1. The van der Waals surface area contributed by atoms with Gasteiger partial charge in [-0.2, -0.15) is 0 Å². The number of methoxy groups -OCH3 is 1. The van der Waals surface area contributed by atoms with Crippen LogP contribution in [-0.2, 0) is 11.2 Å². The van der Waals surface area contributed by atoms with Crippen LogP contribution in [0, 0.1) is 0 Å². The number of carbonyl (C=O) groups excluding carboxylic acids is 1. The van der Waals surface area contributed by atoms with E-state index in [0.717, 1.165) is 25.2 Å². The van der Waals surface area contributed by atoms with Gasteiger partial charge in [0.2, 0.25) is 0 Å². The summed E-state index contributed by atoms with van der Waals surface area (Å²) in [5.41, 5.74) is 2.81. The van der Waals surface area contributed by atoms with E-state index in [0.29, 0.717) is 18.8 Å². The highest BCUT2D eigenvalue weighted by Crippen LogP contribution is 2.31. The highest BCUT2D eigenvalue weighted by molar-refractivity contribution is 5.92. The second kappa shape index (κ2) is 7.19. The molecule has 1 aromatic carbocycles. The molecule has 120 valence electrons. The number of benzene rings is 1. The number of nitrogens with zero attached hydrogens (tertiary/aromatic N) is 3. The summed E-state index contributed by atoms with van der Waals surface area (Å²) in [7, 11) is 1.59. The molecule has 0 aliphatic carbocycles. The maximum Gasteiger partial charge on any atom is 0.271 e. The van der Waals surface area contributed by atoms with Gasteiger partial charge in [-0.15, -0.1) is 10.2 Å². The summed E-state index contributed by atoms with van der Waals surface area (Å²) in [6, 6.07) is 11.9. The van der Waals surface area contributed by atoms with E-state index in [1.165, 1.54) is 11.3 Å². The molecule has 1 aliphatic rings. The predicted octanol–water partition coefficient (Wildman–Crippen LogP) is 1.94. The van der Waals surface area contributed by atoms with Crippen LogP contribution in [0.1, 0.15) is 22.5 Å². The van der Waals surface area contributed by atoms with E-state index in [-0.39, 0.29) is 5.91 Å². The number of hydrogen-bond donors (Lipinski definition) is 1. The van der Waals surface area contributed by atoms with Crippen molar-refractivity contribution < 1.29 is 9.53 Å². The lowest BCUT2D eigenvalue weighted by atomic mass is 10.0. The third-order valence-corrected chi connectivity index (χ3v) is 3.86. The van der Waals surface area contributed by atoms with Crippen molar-refractivity contribution in [3.8, 4) is 0 Å². The van der Waals surface area contributed by atoms with E-state index < -0.39 is 0 Å². The number of carbonyl (C=O) groups is 1. The molecular weight excluding hydrogens is 292 g/mol. The molecule has 0 spiro atoms. The summed E-state index contributed by atoms with van der Waals surface area (Å²) in [6.45, 7) is 1.84. The van der Waals surface area contributed by atoms with Crippen LogP contribution in [0.5, 0.6) is 0 Å². The minimum absolute atomic E-state index is 0.236. The average Bonchev–Trinajstić information content (AvgIpc) is 2.61. The number of aryl methyl sites for hydroxylation is 1. The first-order valence-electron chi connectivity index (χ1n) is 7.76. The smallest absolute Gasteiger partial charge is 0.271 e. The fourth-order valence-corrected chi connectivity index (χ4v) is 2.72. The van der Waals surface area contributed by atoms with Crippen molar-refractivity contribution in [3.05, 3.63) is 47.7 Å². The number of rotatable bonds is 5. The fourth-order valence-electron chi connectivity index (χ4n) is 2.72. The first kappa shape index (κ1) is 15.4. The Labute approximate surface area is 135 Å². The van der Waals surface area contributed by atoms with Gasteiger partial charge in [0.25, 0.3) is 5.91 Å². The zero-order valence-electron chi connectivity index (χ0n) is 13.2. The van der Waals surface area contributed by atoms with E-state index in [1.54, 1.807) is 13.2 Å². The van der Waals surface area contributed by atoms with Crippen molar-refractivity contribution in [2.75, 3.05) is 31.7 Å². The summed E-state index contributed by atoms with van der Waals surface area (Å²) in [5.74, 6) is 0.533. The number of nitrogens with one attached hydrogen (secondary N) is 1. The summed E-state index contributed by atoms with van der Waals surface area (Å²) >= 11 is 0. The lowest BCUT2D eigenvalue weighted by molar-refractivity contribution is 0.0931. The lowest BCUT2D eigenvalue weighted by Gasteiger charge is -2.29. The number of fused-ring (bicyclic) bond motifs is 1. The molecule has 0 saturated carbocycles. The molecule has 0 unspecified atom stereocenters. The molecule has 0 atom stereocenters. The number of anilines is 2. The second-order valence-electron chi connectivity index (χ2n) is 5.41. The van der Waals surface area contributed by atoms with Crippen molar-refractivity contribution in [1.29, 1.82) is 0 Å². The molecule has 23 heavy (non-hydrogen) atoms. The van der Waals surface area contributed by atoms with Gasteiger partial charge in [-0.1, -0.05) is 18.2 Å². The van der Waals surface area contributed by atoms with Gasteiger partial charge in [-0.25, -0.2) is 0 Å². The zero-order chi connectivity index (χ0) is 16.1. The van der Waals surface area contributed by atoms with Gasteiger partial charge in [0.15, 0.2) is 11.5 Å². The van der Waals surface area contributed by atoms with Gasteiger partial charge >= 0.3 is 0 Å². The third kappa shape index (κ3) is 3.48. The van der Waals surface area contributed by atoms with Crippen molar-refractivity contribution in [3.63, 3.8) is 0 Å². The van der Waals surface area contributed by atoms with Crippen LogP contribution in [0.3, 0.4) is 0 Å². The standard InChI is InChI=1S/C17H20N4O2/c1-23-12-10-18-17(22)14-8-9-16(20-19-14)21-11-4-6-13-5-2-3-7-15(13)21/h2-3,5,7-9H,4,6,10-12H2,1H3,(H,18,22). The van der Waals surface area contributed by atoms with Gasteiger partial charge in [-0.05, 0) is 36.6 Å². The lowest BCUT2D eigenvalue weighted by Crippen LogP contribution is -2.29. The molecule has 6 nitrogen and oxygen atoms in total. The molecule has 0 fully saturated rings. The van der Waals surface area contributed by atoms with Crippen molar-refractivity contribution in [2.24, 2.45) is 0 Å². The number of ether oxygens (including phenoxy) is 1. The first-order valence-corrected chi connectivity index (χ1v) is 7.76. The topological polar surface area (TPSA) is 67.3 Å². The van der Waals surface area contributed by atoms with Crippen LogP contribution in [0.25, 0.3) is 0 Å². The molecule has 1 aromatic heterocycles. The number of aromatic nitrogens is 2. The Kier molecular flexibility index (Phi) is 4.83. The van der Waals surface area contributed by atoms with Crippen LogP contribution in [0.4, 0.5) is 11.5 Å². The van der Waals surface area contributed by atoms with Crippen LogP contribution in [0.15, 0.2) is 36.4 Å². The molecule has 0 bridgehead atoms. The van der Waals surface area contributed by atoms with E-state index in [9.17, 15) is 4.79 Å². The average molecular weight is 312 g/mol. The highest BCUT2D eigenvalue weighted by atomic mass is 16.5. The summed E-state index contributed by atoms with van der Waals surface area (Å²) in [5, 5.41) is 11.0. The maximum absolute atomic E-state index is 11.9. The van der Waals surface area contributed by atoms with E-state index in [1.807, 2.05) is 12.1 Å². The van der Waals surface area contributed by atoms with Crippen LogP contribution >= 0.6 is 0 Å². The molecule has 1 amide bonds. The Morgan fingerprint density at radius 2 is 2.13 bits per heavy atom. The molecular formula is C17H20N4O2. The maximum atomic E-state index is 11.9. The van der Waals surface area contributed by atoms with Gasteiger partial charge in [-0.3, -0.25) is 4.79 Å². The van der Waals surface area contributed by atoms with Gasteiger partial charge in [0.05, 0.1) is 6.61 Å². The Bertz CT molecular complexity index is 673. The Morgan fingerprint density at radius 1 is 1.26 bits per heavy atom. The van der Waals surface area contributed by atoms with Crippen LogP contribution < -0.4 is 10.2 Å². The number of amides is 1. The van der Waals surface area contributed by atoms with Gasteiger partial charge < -0.3 is 15.0 Å². The minimum Gasteiger partial charge on any atom is -0.383 e. The van der Waals surface area contributed by atoms with Crippen LogP contribution in [0.2, 0.25) is 0 Å². The number of hydrogen-bond acceptors (Lipinski definition) is 5. The van der Waals surface area contributed by atoms with Crippen LogP contribution in [-0.4, -0.2) is 42.9 Å². The largest absolute Gasteiger partial charge is 0.383 e. The zero-order valence-corrected chi connectivity index (χ0v) is 13.2. The number of para-hydroxylation sites is 1. The second-order valence-corrected chi connectivity index (χ2v) is 5.41. The Hall–Kier alpha value is -2.47. The summed E-state index contributed by atoms with van der Waals surface area (Å²) in [4.78, 5) is 14.1. The fraction of sp³-hybridized carbons (Fsp3) is 0.353. The highest BCUT2D eigenvalue weighted by Gasteiger charge is 2.19. The molecule has 3 rings (SSSR count). The molecule has 2 aromatic rings. The molecule has 1 aliphatic heterocycles. The summed E-state index contributed by atoms with van der Waals surface area (Å²) < 4.78 is 4.90. The minimum atomic E-state index is -0.236. The van der Waals surface area contributed by atoms with Crippen molar-refractivity contribution in [1.82, 2.24) is 15.5 Å². The Balaban J connectivity index is 1.74. The Morgan fingerprint density at radius 3 is 2.91 bits per heavy atom. The molecule has 0 radical (unpaired) electrons. The first-order chi connectivity index (χ1) is 11.3. The predicted molar refractivity (Wildman–Crippen MR) is 88.0 cm³/mol. The van der Waals surface area contributed by atoms with E-state index in [4.69, 9.17) is 4.74 Å². The van der Waals surface area contributed by atoms with Gasteiger partial charge in [0, 0.05) is 25.9 Å². The third-order valence-electron chi connectivity index (χ3n) is 3.86. The molecule has 0 saturated heterocycles. The molecule has 6 heteroatoms. The summed E-state index contributed by atoms with van der Waals surface area (Å²) in [6.07, 6.45) is 2.16.